The average Bonchev–Trinajstić information content (AvgIpc) is 2.83. The summed E-state index contributed by atoms with van der Waals surface area (Å²) < 4.78 is 59.0. The summed E-state index contributed by atoms with van der Waals surface area (Å²) in [5.74, 6) is -7.52. The van der Waals surface area contributed by atoms with Gasteiger partial charge in [0.2, 0.25) is 11.6 Å². The molecule has 0 aliphatic carbocycles. The minimum absolute atomic E-state index is 0.120. The van der Waals surface area contributed by atoms with E-state index in [-0.39, 0.29) is 18.6 Å². The first-order valence-electron chi connectivity index (χ1n) is 10.6. The number of carbonyl (C=O) groups excluding carboxylic acids is 1. The lowest BCUT2D eigenvalue weighted by Gasteiger charge is -2.34. The molecule has 4 rings (SSSR count). The molecule has 178 valence electrons. The monoisotopic (exact) mass is 492 g/mol. The molecule has 0 saturated carbocycles. The van der Waals surface area contributed by atoms with E-state index in [1.807, 2.05) is 24.3 Å². The van der Waals surface area contributed by atoms with Crippen molar-refractivity contribution < 1.29 is 27.1 Å². The molecular weight excluding hydrogens is 472 g/mol. The number of piperazine rings is 1. The van der Waals surface area contributed by atoms with Crippen molar-refractivity contribution in [2.24, 2.45) is 0 Å². The molecule has 3 aromatic carbocycles. The number of benzene rings is 3. The molecule has 1 amide bonds. The molecule has 0 spiro atoms. The van der Waals surface area contributed by atoms with Gasteiger partial charge in [-0.1, -0.05) is 35.9 Å². The fraction of sp³-hybridized carbons (Fsp3) is 0.240. The summed E-state index contributed by atoms with van der Waals surface area (Å²) in [4.78, 5) is 16.9. The van der Waals surface area contributed by atoms with E-state index >= 15 is 0 Å². The van der Waals surface area contributed by atoms with Crippen molar-refractivity contribution >= 4 is 17.5 Å². The van der Waals surface area contributed by atoms with Gasteiger partial charge >= 0.3 is 0 Å². The predicted molar refractivity (Wildman–Crippen MR) is 120 cm³/mol. The predicted octanol–water partition coefficient (Wildman–Crippen LogP) is 5.43. The van der Waals surface area contributed by atoms with Crippen LogP contribution < -0.4 is 4.74 Å². The number of halogens is 5. The Hall–Kier alpha value is -3.10. The van der Waals surface area contributed by atoms with Crippen molar-refractivity contribution in [1.29, 1.82) is 0 Å². The van der Waals surface area contributed by atoms with Crippen LogP contribution in [-0.4, -0.2) is 41.9 Å². The normalized spacial score (nSPS) is 14.3. The Morgan fingerprint density at radius 1 is 0.853 bits per heavy atom. The van der Waals surface area contributed by atoms with Gasteiger partial charge in [-0.05, 0) is 35.4 Å². The largest absolute Gasteiger partial charge is 0.483 e. The second-order valence-electron chi connectivity index (χ2n) is 7.98. The van der Waals surface area contributed by atoms with Crippen LogP contribution in [0.4, 0.5) is 17.6 Å². The van der Waals surface area contributed by atoms with Gasteiger partial charge in [0.25, 0.3) is 5.91 Å². The number of carbonyl (C=O) groups is 1. The van der Waals surface area contributed by atoms with Crippen molar-refractivity contribution in [2.45, 2.75) is 13.2 Å². The van der Waals surface area contributed by atoms with Crippen LogP contribution in [0.15, 0.2) is 54.6 Å². The number of rotatable bonds is 6. The van der Waals surface area contributed by atoms with Gasteiger partial charge in [-0.2, -0.15) is 8.78 Å². The molecule has 1 heterocycles. The van der Waals surface area contributed by atoms with Crippen molar-refractivity contribution in [2.75, 3.05) is 26.2 Å². The van der Waals surface area contributed by atoms with Gasteiger partial charge in [0, 0.05) is 49.4 Å². The molecule has 0 atom stereocenters. The van der Waals surface area contributed by atoms with Gasteiger partial charge < -0.3 is 9.64 Å². The zero-order chi connectivity index (χ0) is 24.2. The van der Waals surface area contributed by atoms with Gasteiger partial charge in [0.05, 0.1) is 0 Å². The molecular formula is C25H21ClF4N2O2. The summed E-state index contributed by atoms with van der Waals surface area (Å²) in [7, 11) is 0. The lowest BCUT2D eigenvalue weighted by molar-refractivity contribution is 0.0628. The van der Waals surface area contributed by atoms with E-state index in [2.05, 4.69) is 4.90 Å². The quantitative estimate of drug-likeness (QED) is 0.340. The molecule has 3 aromatic rings. The van der Waals surface area contributed by atoms with Crippen LogP contribution in [0.2, 0.25) is 5.02 Å². The van der Waals surface area contributed by atoms with Crippen LogP contribution in [-0.2, 0) is 13.2 Å². The van der Waals surface area contributed by atoms with Gasteiger partial charge in [-0.3, -0.25) is 9.69 Å². The van der Waals surface area contributed by atoms with Crippen molar-refractivity contribution in [3.8, 4) is 5.75 Å². The van der Waals surface area contributed by atoms with Gasteiger partial charge in [-0.15, -0.1) is 0 Å². The van der Waals surface area contributed by atoms with Crippen molar-refractivity contribution in [1.82, 2.24) is 9.80 Å². The number of hydrogen-bond acceptors (Lipinski definition) is 3. The Morgan fingerprint density at radius 3 is 2.12 bits per heavy atom. The Morgan fingerprint density at radius 2 is 1.50 bits per heavy atom. The summed E-state index contributed by atoms with van der Waals surface area (Å²) in [6.07, 6.45) is 0. The first kappa shape index (κ1) is 24.0. The highest BCUT2D eigenvalue weighted by atomic mass is 35.5. The first-order chi connectivity index (χ1) is 16.3. The van der Waals surface area contributed by atoms with Gasteiger partial charge in [0.15, 0.2) is 17.4 Å². The van der Waals surface area contributed by atoms with E-state index in [1.165, 1.54) is 0 Å². The molecule has 0 bridgehead atoms. The molecule has 1 saturated heterocycles. The highest BCUT2D eigenvalue weighted by Crippen LogP contribution is 2.27. The third kappa shape index (κ3) is 5.51. The van der Waals surface area contributed by atoms with E-state index < -0.39 is 29.0 Å². The molecule has 0 unspecified atom stereocenters. The Balaban J connectivity index is 1.31. The Labute approximate surface area is 199 Å². The second kappa shape index (κ2) is 10.4. The molecule has 1 aliphatic heterocycles. The maximum Gasteiger partial charge on any atom is 0.253 e. The van der Waals surface area contributed by atoms with Crippen molar-refractivity contribution in [3.05, 3.63) is 99.6 Å². The number of ether oxygens (including phenoxy) is 1. The van der Waals surface area contributed by atoms with Crippen LogP contribution in [0.5, 0.6) is 5.75 Å². The van der Waals surface area contributed by atoms with Crippen molar-refractivity contribution in [3.63, 3.8) is 0 Å². The molecule has 0 radical (unpaired) electrons. The van der Waals surface area contributed by atoms with E-state index in [9.17, 15) is 22.4 Å². The summed E-state index contributed by atoms with van der Waals surface area (Å²) >= 11 is 6.04. The highest BCUT2D eigenvalue weighted by Gasteiger charge is 2.23. The Bertz CT molecular complexity index is 1160. The fourth-order valence-corrected chi connectivity index (χ4v) is 3.98. The summed E-state index contributed by atoms with van der Waals surface area (Å²) in [6.45, 7) is 3.04. The first-order valence-corrected chi connectivity index (χ1v) is 11.0. The summed E-state index contributed by atoms with van der Waals surface area (Å²) in [6, 6.07) is 14.1. The van der Waals surface area contributed by atoms with E-state index in [0.717, 1.165) is 25.2 Å². The van der Waals surface area contributed by atoms with Crippen LogP contribution in [0.25, 0.3) is 0 Å². The minimum atomic E-state index is -1.60. The SMILES string of the molecule is O=C(c1ccc(COc2c(F)c(F)cc(F)c2F)cc1)N1CCN(Cc2cccc(Cl)c2)CC1. The maximum absolute atomic E-state index is 13.7. The highest BCUT2D eigenvalue weighted by molar-refractivity contribution is 6.30. The lowest BCUT2D eigenvalue weighted by Crippen LogP contribution is -2.48. The van der Waals surface area contributed by atoms with E-state index in [1.54, 1.807) is 29.2 Å². The smallest absolute Gasteiger partial charge is 0.253 e. The van der Waals surface area contributed by atoms with E-state index in [4.69, 9.17) is 16.3 Å². The Kier molecular flexibility index (Phi) is 7.38. The standard InChI is InChI=1S/C25H21ClF4N2O2/c26-19-3-1-2-17(12-19)14-31-8-10-32(11-9-31)25(33)18-6-4-16(5-7-18)15-34-24-22(29)20(27)13-21(28)23(24)30/h1-7,12-13H,8-11,14-15H2. The second-order valence-corrected chi connectivity index (χ2v) is 8.42. The molecule has 1 aliphatic rings. The molecule has 4 nitrogen and oxygen atoms in total. The van der Waals surface area contributed by atoms with Crippen LogP contribution in [0.1, 0.15) is 21.5 Å². The zero-order valence-corrected chi connectivity index (χ0v) is 18.8. The average molecular weight is 493 g/mol. The van der Waals surface area contributed by atoms with Crippen LogP contribution in [0, 0.1) is 23.3 Å². The number of hydrogen-bond donors (Lipinski definition) is 0. The van der Waals surface area contributed by atoms with Gasteiger partial charge in [-0.25, -0.2) is 8.78 Å². The minimum Gasteiger partial charge on any atom is -0.483 e. The third-order valence-corrected chi connectivity index (χ3v) is 5.85. The van der Waals surface area contributed by atoms with Crippen LogP contribution >= 0.6 is 11.6 Å². The number of amides is 1. The van der Waals surface area contributed by atoms with E-state index in [0.29, 0.717) is 29.2 Å². The molecule has 1 fully saturated rings. The maximum atomic E-state index is 13.7. The molecule has 9 heteroatoms. The zero-order valence-electron chi connectivity index (χ0n) is 18.0. The number of nitrogens with zero attached hydrogens (tertiary/aromatic N) is 2. The molecule has 34 heavy (non-hydrogen) atoms. The van der Waals surface area contributed by atoms with Crippen LogP contribution in [0.3, 0.4) is 0 Å². The fourth-order valence-electron chi connectivity index (χ4n) is 3.76. The topological polar surface area (TPSA) is 32.8 Å². The third-order valence-electron chi connectivity index (χ3n) is 5.61. The lowest BCUT2D eigenvalue weighted by atomic mass is 10.1. The molecule has 0 N–H and O–H groups in total. The summed E-state index contributed by atoms with van der Waals surface area (Å²) in [5.41, 5.74) is 2.05. The molecule has 0 aromatic heterocycles. The van der Waals surface area contributed by atoms with Gasteiger partial charge in [0.1, 0.15) is 6.61 Å². The summed E-state index contributed by atoms with van der Waals surface area (Å²) in [5, 5.41) is 0.693.